The van der Waals surface area contributed by atoms with E-state index < -0.39 is 0 Å². The van der Waals surface area contributed by atoms with Gasteiger partial charge in [-0.05, 0) is 18.2 Å². The summed E-state index contributed by atoms with van der Waals surface area (Å²) >= 11 is 1.36. The van der Waals surface area contributed by atoms with Crippen molar-refractivity contribution in [3.05, 3.63) is 52.8 Å². The lowest BCUT2D eigenvalue weighted by atomic mass is 9.98. The molecule has 0 unspecified atom stereocenters. The van der Waals surface area contributed by atoms with Crippen molar-refractivity contribution >= 4 is 34.1 Å². The minimum absolute atomic E-state index is 0.119. The molecule has 0 spiro atoms. The number of morpholine rings is 1. The Hall–Kier alpha value is -3.59. The number of nitrogens with zero attached hydrogens (tertiary/aromatic N) is 5. The Labute approximate surface area is 214 Å². The molecule has 0 saturated carbocycles. The summed E-state index contributed by atoms with van der Waals surface area (Å²) < 4.78 is 5.36. The molecule has 10 nitrogen and oxygen atoms in total. The number of benzene rings is 1. The smallest absolute Gasteiger partial charge is 0.325 e. The van der Waals surface area contributed by atoms with Gasteiger partial charge in [-0.25, -0.2) is 14.8 Å². The molecule has 2 amide bonds. The molecule has 1 fully saturated rings. The molecule has 4 rings (SSSR count). The van der Waals surface area contributed by atoms with E-state index in [1.807, 2.05) is 12.1 Å². The van der Waals surface area contributed by atoms with Crippen LogP contribution >= 0.6 is 11.3 Å². The van der Waals surface area contributed by atoms with Crippen LogP contribution in [-0.4, -0.2) is 70.5 Å². The van der Waals surface area contributed by atoms with Gasteiger partial charge in [0.15, 0.2) is 0 Å². The van der Waals surface area contributed by atoms with Crippen molar-refractivity contribution in [3.63, 3.8) is 0 Å². The number of carbonyl (C=O) groups excluding carboxylic acids is 1. The number of nitrogens with one attached hydrogen (secondary N) is 3. The number of hydrogen-bond donors (Lipinski definition) is 3. The largest absolute Gasteiger partial charge is 0.379 e. The van der Waals surface area contributed by atoms with Crippen LogP contribution in [0.4, 0.5) is 21.6 Å². The predicted octanol–water partition coefficient (Wildman–Crippen LogP) is 3.41. The number of hydrogen-bond acceptors (Lipinski definition) is 9. The molecule has 1 aromatic carbocycles. The first-order valence-electron chi connectivity index (χ1n) is 11.8. The highest BCUT2D eigenvalue weighted by molar-refractivity contribution is 7.15. The molecule has 1 aliphatic heterocycles. The fourth-order valence-corrected chi connectivity index (χ4v) is 4.09. The van der Waals surface area contributed by atoms with Gasteiger partial charge < -0.3 is 15.4 Å². The number of rotatable bonds is 6. The van der Waals surface area contributed by atoms with Gasteiger partial charge >= 0.3 is 6.03 Å². The van der Waals surface area contributed by atoms with E-state index in [0.29, 0.717) is 22.3 Å². The summed E-state index contributed by atoms with van der Waals surface area (Å²) in [6.07, 6.45) is 3.39. The van der Waals surface area contributed by atoms with E-state index in [9.17, 15) is 4.79 Å². The summed E-state index contributed by atoms with van der Waals surface area (Å²) in [5, 5.41) is 18.3. The molecule has 1 aliphatic rings. The van der Waals surface area contributed by atoms with Crippen LogP contribution in [0.3, 0.4) is 0 Å². The highest BCUT2D eigenvalue weighted by Gasteiger charge is 2.20. The molecule has 0 radical (unpaired) electrons. The normalized spacial score (nSPS) is 14.0. The maximum Gasteiger partial charge on any atom is 0.325 e. The van der Waals surface area contributed by atoms with Gasteiger partial charge in [0.2, 0.25) is 11.1 Å². The van der Waals surface area contributed by atoms with Crippen molar-refractivity contribution in [2.24, 2.45) is 0 Å². The Morgan fingerprint density at radius 1 is 1.08 bits per heavy atom. The highest BCUT2D eigenvalue weighted by atomic mass is 32.1. The van der Waals surface area contributed by atoms with Gasteiger partial charge in [0, 0.05) is 55.2 Å². The Morgan fingerprint density at radius 2 is 1.83 bits per heavy atom. The first kappa shape index (κ1) is 25.5. The van der Waals surface area contributed by atoms with Crippen LogP contribution < -0.4 is 16.0 Å². The minimum atomic E-state index is -0.387. The molecular weight excluding hydrogens is 476 g/mol. The fourth-order valence-electron chi connectivity index (χ4n) is 3.29. The van der Waals surface area contributed by atoms with Crippen molar-refractivity contribution in [1.82, 2.24) is 25.1 Å². The van der Waals surface area contributed by atoms with Gasteiger partial charge in [0.25, 0.3) is 0 Å². The van der Waals surface area contributed by atoms with Gasteiger partial charge in [0.05, 0.1) is 18.8 Å². The zero-order chi connectivity index (χ0) is 25.4. The van der Waals surface area contributed by atoms with Crippen molar-refractivity contribution in [1.29, 1.82) is 0 Å². The molecule has 3 N–H and O–H groups in total. The molecule has 2 aromatic heterocycles. The summed E-state index contributed by atoms with van der Waals surface area (Å²) in [6.45, 7) is 11.3. The Balaban J connectivity index is 1.28. The molecule has 36 heavy (non-hydrogen) atoms. The molecular formula is C25H30N8O2S. The second kappa shape index (κ2) is 11.9. The number of ether oxygens (including phenoxy) is 1. The van der Waals surface area contributed by atoms with Gasteiger partial charge in [-0.1, -0.05) is 50.0 Å². The SMILES string of the molecule is CC(C)(C)c1nnc(NC(=O)Nc2cccc(C#Cc3cnc(NCCN4CCOCC4)nc3)c2)s1. The summed E-state index contributed by atoms with van der Waals surface area (Å²) in [6, 6.07) is 6.92. The standard InChI is InChI=1S/C25H30N8O2S/c1-25(2,3)21-31-32-24(36-21)30-23(34)29-20-6-4-5-18(15-20)7-8-19-16-27-22(28-17-19)26-9-10-33-11-13-35-14-12-33/h4-6,15-17H,9-14H2,1-3H3,(H,26,27,28)(H2,29,30,32,34). The van der Waals surface area contributed by atoms with Crippen LogP contribution in [0.2, 0.25) is 0 Å². The van der Waals surface area contributed by atoms with E-state index in [2.05, 4.69) is 73.6 Å². The van der Waals surface area contributed by atoms with Crippen LogP contribution in [0, 0.1) is 11.8 Å². The summed E-state index contributed by atoms with van der Waals surface area (Å²) in [5.41, 5.74) is 1.96. The van der Waals surface area contributed by atoms with E-state index in [1.165, 1.54) is 11.3 Å². The molecule has 3 heterocycles. The maximum atomic E-state index is 12.4. The lowest BCUT2D eigenvalue weighted by Crippen LogP contribution is -2.39. The van der Waals surface area contributed by atoms with Gasteiger partial charge in [-0.15, -0.1) is 10.2 Å². The van der Waals surface area contributed by atoms with Crippen molar-refractivity contribution in [2.75, 3.05) is 55.3 Å². The maximum absolute atomic E-state index is 12.4. The van der Waals surface area contributed by atoms with Gasteiger partial charge in [-0.3, -0.25) is 10.2 Å². The second-order valence-corrected chi connectivity index (χ2v) is 10.2. The van der Waals surface area contributed by atoms with Crippen LogP contribution in [0.5, 0.6) is 0 Å². The lowest BCUT2D eigenvalue weighted by molar-refractivity contribution is 0.0398. The molecule has 0 aliphatic carbocycles. The van der Waals surface area contributed by atoms with Crippen LogP contribution in [0.25, 0.3) is 0 Å². The quantitative estimate of drug-likeness (QED) is 0.436. The molecule has 3 aromatic rings. The highest BCUT2D eigenvalue weighted by Crippen LogP contribution is 2.27. The second-order valence-electron chi connectivity index (χ2n) is 9.25. The first-order chi connectivity index (χ1) is 17.3. The van der Waals surface area contributed by atoms with Crippen molar-refractivity contribution in [3.8, 4) is 11.8 Å². The van der Waals surface area contributed by atoms with Gasteiger partial charge in [-0.2, -0.15) is 0 Å². The Kier molecular flexibility index (Phi) is 8.43. The molecule has 188 valence electrons. The average molecular weight is 507 g/mol. The van der Waals surface area contributed by atoms with E-state index in [-0.39, 0.29) is 11.4 Å². The Bertz CT molecular complexity index is 1220. The van der Waals surface area contributed by atoms with Crippen LogP contribution in [-0.2, 0) is 10.2 Å². The van der Waals surface area contributed by atoms with Crippen molar-refractivity contribution in [2.45, 2.75) is 26.2 Å². The molecule has 1 saturated heterocycles. The fraction of sp³-hybridized carbons (Fsp3) is 0.400. The molecule has 11 heteroatoms. The number of urea groups is 1. The third-order valence-electron chi connectivity index (χ3n) is 5.23. The van der Waals surface area contributed by atoms with E-state index >= 15 is 0 Å². The third-order valence-corrected chi connectivity index (χ3v) is 6.49. The zero-order valence-corrected chi connectivity index (χ0v) is 21.5. The minimum Gasteiger partial charge on any atom is -0.379 e. The monoisotopic (exact) mass is 506 g/mol. The topological polar surface area (TPSA) is 117 Å². The van der Waals surface area contributed by atoms with E-state index in [0.717, 1.165) is 50.0 Å². The third kappa shape index (κ3) is 7.71. The Morgan fingerprint density at radius 3 is 2.56 bits per heavy atom. The number of aromatic nitrogens is 4. The van der Waals surface area contributed by atoms with E-state index in [1.54, 1.807) is 24.5 Å². The average Bonchev–Trinajstić information content (AvgIpc) is 3.33. The van der Waals surface area contributed by atoms with Crippen molar-refractivity contribution < 1.29 is 9.53 Å². The summed E-state index contributed by atoms with van der Waals surface area (Å²) in [5.74, 6) is 6.73. The zero-order valence-electron chi connectivity index (χ0n) is 20.7. The first-order valence-corrected chi connectivity index (χ1v) is 12.6. The number of carbonyl (C=O) groups is 1. The van der Waals surface area contributed by atoms with Crippen LogP contribution in [0.1, 0.15) is 36.9 Å². The summed E-state index contributed by atoms with van der Waals surface area (Å²) in [4.78, 5) is 23.4. The van der Waals surface area contributed by atoms with Gasteiger partial charge in [0.1, 0.15) is 5.01 Å². The molecule has 0 atom stereocenters. The predicted molar refractivity (Wildman–Crippen MR) is 141 cm³/mol. The molecule has 0 bridgehead atoms. The number of amides is 2. The lowest BCUT2D eigenvalue weighted by Gasteiger charge is -2.26. The van der Waals surface area contributed by atoms with E-state index in [4.69, 9.17) is 4.74 Å². The number of anilines is 3. The van der Waals surface area contributed by atoms with Crippen LogP contribution in [0.15, 0.2) is 36.7 Å². The summed E-state index contributed by atoms with van der Waals surface area (Å²) in [7, 11) is 0.